The van der Waals surface area contributed by atoms with Crippen LogP contribution in [0.2, 0.25) is 0 Å². The van der Waals surface area contributed by atoms with Crippen molar-refractivity contribution in [3.8, 4) is 0 Å². The van der Waals surface area contributed by atoms with Gasteiger partial charge in [-0.1, -0.05) is 51.1 Å². The van der Waals surface area contributed by atoms with Gasteiger partial charge < -0.3 is 5.32 Å². The van der Waals surface area contributed by atoms with Crippen LogP contribution in [0.25, 0.3) is 0 Å². The zero-order valence-corrected chi connectivity index (χ0v) is 12.7. The van der Waals surface area contributed by atoms with E-state index in [1.165, 1.54) is 37.8 Å². The molecule has 3 unspecified atom stereocenters. The van der Waals surface area contributed by atoms with Crippen molar-refractivity contribution in [2.24, 2.45) is 17.8 Å². The van der Waals surface area contributed by atoms with Gasteiger partial charge in [-0.05, 0) is 55.5 Å². The van der Waals surface area contributed by atoms with Gasteiger partial charge in [-0.3, -0.25) is 0 Å². The average Bonchev–Trinajstić information content (AvgIpc) is 2.42. The molecular formula is C18H29N. The molecule has 19 heavy (non-hydrogen) atoms. The van der Waals surface area contributed by atoms with Crippen molar-refractivity contribution in [2.45, 2.75) is 52.5 Å². The van der Waals surface area contributed by atoms with Crippen LogP contribution < -0.4 is 5.32 Å². The van der Waals surface area contributed by atoms with E-state index in [9.17, 15) is 0 Å². The highest BCUT2D eigenvalue weighted by molar-refractivity contribution is 5.14. The molecule has 106 valence electrons. The van der Waals surface area contributed by atoms with E-state index in [0.717, 1.165) is 23.8 Å². The fourth-order valence-corrected chi connectivity index (χ4v) is 3.55. The van der Waals surface area contributed by atoms with Crippen LogP contribution >= 0.6 is 0 Å². The standard InChI is InChI=1S/C18H29N/c1-14(2)17(18-15(3)8-7-13-19-18)12-11-16-9-5-4-6-10-16/h4-6,9-10,14-15,17-19H,7-8,11-13H2,1-3H3. The van der Waals surface area contributed by atoms with Crippen molar-refractivity contribution >= 4 is 0 Å². The first-order valence-corrected chi connectivity index (χ1v) is 7.96. The summed E-state index contributed by atoms with van der Waals surface area (Å²) in [6.45, 7) is 8.41. The Labute approximate surface area is 118 Å². The van der Waals surface area contributed by atoms with Gasteiger partial charge in [0, 0.05) is 6.04 Å². The molecule has 1 saturated heterocycles. The fourth-order valence-electron chi connectivity index (χ4n) is 3.55. The first kappa shape index (κ1) is 14.6. The monoisotopic (exact) mass is 259 g/mol. The van der Waals surface area contributed by atoms with E-state index in [1.807, 2.05) is 0 Å². The summed E-state index contributed by atoms with van der Waals surface area (Å²) < 4.78 is 0. The molecule has 1 aromatic carbocycles. The van der Waals surface area contributed by atoms with Crippen LogP contribution in [0, 0.1) is 17.8 Å². The number of hydrogen-bond acceptors (Lipinski definition) is 1. The summed E-state index contributed by atoms with van der Waals surface area (Å²) in [6, 6.07) is 11.7. The molecule has 1 heterocycles. The molecule has 1 aliphatic heterocycles. The van der Waals surface area contributed by atoms with Gasteiger partial charge in [-0.15, -0.1) is 0 Å². The summed E-state index contributed by atoms with van der Waals surface area (Å²) >= 11 is 0. The second kappa shape index (κ2) is 7.09. The first-order chi connectivity index (χ1) is 9.18. The van der Waals surface area contributed by atoms with Gasteiger partial charge in [0.05, 0.1) is 0 Å². The van der Waals surface area contributed by atoms with Crippen LogP contribution in [0.5, 0.6) is 0 Å². The van der Waals surface area contributed by atoms with Crippen molar-refractivity contribution in [3.05, 3.63) is 35.9 Å². The predicted octanol–water partition coefficient (Wildman–Crippen LogP) is 4.28. The van der Waals surface area contributed by atoms with Gasteiger partial charge in [0.2, 0.25) is 0 Å². The van der Waals surface area contributed by atoms with Crippen LogP contribution in [-0.4, -0.2) is 12.6 Å². The van der Waals surface area contributed by atoms with Crippen molar-refractivity contribution < 1.29 is 0 Å². The Kier molecular flexibility index (Phi) is 5.45. The highest BCUT2D eigenvalue weighted by Crippen LogP contribution is 2.30. The molecule has 1 N–H and O–H groups in total. The van der Waals surface area contributed by atoms with Gasteiger partial charge in [0.15, 0.2) is 0 Å². The fraction of sp³-hybridized carbons (Fsp3) is 0.667. The summed E-state index contributed by atoms with van der Waals surface area (Å²) in [5, 5.41) is 3.79. The molecule has 0 bridgehead atoms. The van der Waals surface area contributed by atoms with Crippen LogP contribution in [0.1, 0.15) is 45.6 Å². The highest BCUT2D eigenvalue weighted by atomic mass is 14.9. The number of rotatable bonds is 5. The number of hydrogen-bond donors (Lipinski definition) is 1. The van der Waals surface area contributed by atoms with E-state index in [4.69, 9.17) is 0 Å². The van der Waals surface area contributed by atoms with Gasteiger partial charge in [-0.2, -0.15) is 0 Å². The molecule has 1 heteroatoms. The Hall–Kier alpha value is -0.820. The maximum atomic E-state index is 3.79. The molecular weight excluding hydrogens is 230 g/mol. The third kappa shape index (κ3) is 4.07. The lowest BCUT2D eigenvalue weighted by atomic mass is 9.76. The van der Waals surface area contributed by atoms with Gasteiger partial charge >= 0.3 is 0 Å². The van der Waals surface area contributed by atoms with E-state index in [-0.39, 0.29) is 0 Å². The third-order valence-corrected chi connectivity index (χ3v) is 4.76. The lowest BCUT2D eigenvalue weighted by molar-refractivity contribution is 0.172. The molecule has 1 fully saturated rings. The largest absolute Gasteiger partial charge is 0.313 e. The highest BCUT2D eigenvalue weighted by Gasteiger charge is 2.30. The Balaban J connectivity index is 1.96. The minimum Gasteiger partial charge on any atom is -0.313 e. The molecule has 0 amide bonds. The second-order valence-corrected chi connectivity index (χ2v) is 6.53. The van der Waals surface area contributed by atoms with Crippen LogP contribution in [0.3, 0.4) is 0 Å². The molecule has 0 radical (unpaired) electrons. The minimum atomic E-state index is 0.720. The molecule has 1 aliphatic rings. The van der Waals surface area contributed by atoms with Crippen molar-refractivity contribution in [2.75, 3.05) is 6.54 Å². The minimum absolute atomic E-state index is 0.720. The van der Waals surface area contributed by atoms with Crippen molar-refractivity contribution in [1.29, 1.82) is 0 Å². The lowest BCUT2D eigenvalue weighted by Gasteiger charge is -2.38. The van der Waals surface area contributed by atoms with Crippen molar-refractivity contribution in [3.63, 3.8) is 0 Å². The molecule has 3 atom stereocenters. The summed E-state index contributed by atoms with van der Waals surface area (Å²) in [6.07, 6.45) is 5.27. The van der Waals surface area contributed by atoms with E-state index in [2.05, 4.69) is 56.4 Å². The van der Waals surface area contributed by atoms with Crippen LogP contribution in [0.4, 0.5) is 0 Å². The quantitative estimate of drug-likeness (QED) is 0.832. The van der Waals surface area contributed by atoms with E-state index in [0.29, 0.717) is 0 Å². The maximum absolute atomic E-state index is 3.79. The molecule has 0 saturated carbocycles. The Bertz CT molecular complexity index is 357. The number of nitrogens with one attached hydrogen (secondary N) is 1. The zero-order valence-electron chi connectivity index (χ0n) is 12.7. The summed E-state index contributed by atoms with van der Waals surface area (Å²) in [7, 11) is 0. The second-order valence-electron chi connectivity index (χ2n) is 6.53. The first-order valence-electron chi connectivity index (χ1n) is 7.96. The number of benzene rings is 1. The maximum Gasteiger partial charge on any atom is 0.0123 e. The zero-order chi connectivity index (χ0) is 13.7. The normalized spacial score (nSPS) is 25.5. The smallest absolute Gasteiger partial charge is 0.0123 e. The Morgan fingerprint density at radius 3 is 2.58 bits per heavy atom. The molecule has 2 rings (SSSR count). The molecule has 1 nitrogen and oxygen atoms in total. The Morgan fingerprint density at radius 1 is 1.21 bits per heavy atom. The van der Waals surface area contributed by atoms with Gasteiger partial charge in [0.25, 0.3) is 0 Å². The van der Waals surface area contributed by atoms with Gasteiger partial charge in [0.1, 0.15) is 0 Å². The lowest BCUT2D eigenvalue weighted by Crippen LogP contribution is -2.47. The summed E-state index contributed by atoms with van der Waals surface area (Å²) in [4.78, 5) is 0. The predicted molar refractivity (Wildman–Crippen MR) is 83.3 cm³/mol. The summed E-state index contributed by atoms with van der Waals surface area (Å²) in [5.74, 6) is 2.40. The molecule has 0 aliphatic carbocycles. The molecule has 0 spiro atoms. The van der Waals surface area contributed by atoms with Crippen molar-refractivity contribution in [1.82, 2.24) is 5.32 Å². The van der Waals surface area contributed by atoms with Gasteiger partial charge in [-0.25, -0.2) is 0 Å². The molecule has 0 aromatic heterocycles. The van der Waals surface area contributed by atoms with Crippen LogP contribution in [-0.2, 0) is 6.42 Å². The average molecular weight is 259 g/mol. The SMILES string of the molecule is CC(C)C(CCc1ccccc1)C1NCCCC1C. The third-order valence-electron chi connectivity index (χ3n) is 4.76. The van der Waals surface area contributed by atoms with E-state index >= 15 is 0 Å². The molecule has 1 aromatic rings. The number of piperidine rings is 1. The topological polar surface area (TPSA) is 12.0 Å². The Morgan fingerprint density at radius 2 is 1.95 bits per heavy atom. The number of aryl methyl sites for hydroxylation is 1. The van der Waals surface area contributed by atoms with Crippen LogP contribution in [0.15, 0.2) is 30.3 Å². The summed E-state index contributed by atoms with van der Waals surface area (Å²) in [5.41, 5.74) is 1.48. The van der Waals surface area contributed by atoms with E-state index in [1.54, 1.807) is 0 Å². The van der Waals surface area contributed by atoms with E-state index < -0.39 is 0 Å².